The number of hydrogen-bond acceptors (Lipinski definition) is 2. The first kappa shape index (κ1) is 30.0. The molecular weight excluding hydrogens is 635 g/mol. The van der Waals surface area contributed by atoms with E-state index in [0.29, 0.717) is 11.2 Å². The highest BCUT2D eigenvalue weighted by Gasteiger charge is 2.46. The van der Waals surface area contributed by atoms with Crippen LogP contribution in [0.5, 0.6) is 0 Å². The lowest BCUT2D eigenvalue weighted by Crippen LogP contribution is -2.28. The molecule has 0 N–H and O–H groups in total. The molecule has 10 rings (SSSR count). The number of rotatable bonds is 6. The fourth-order valence-corrected chi connectivity index (χ4v) is 10.00. The van der Waals surface area contributed by atoms with Gasteiger partial charge in [-0.15, -0.1) is 11.8 Å². The maximum absolute atomic E-state index is 2.50. The molecule has 0 radical (unpaired) electrons. The van der Waals surface area contributed by atoms with Crippen molar-refractivity contribution in [1.29, 1.82) is 0 Å². The van der Waals surface area contributed by atoms with Crippen LogP contribution in [0, 0.1) is 0 Å². The molecule has 51 heavy (non-hydrogen) atoms. The lowest BCUT2D eigenvalue weighted by Gasteiger charge is -2.35. The van der Waals surface area contributed by atoms with Gasteiger partial charge in [-0.1, -0.05) is 158 Å². The van der Waals surface area contributed by atoms with Gasteiger partial charge >= 0.3 is 0 Å². The third-order valence-corrected chi connectivity index (χ3v) is 12.2. The largest absolute Gasteiger partial charge is 0.311 e. The molecule has 0 saturated heterocycles. The molecule has 0 fully saturated rings. The van der Waals surface area contributed by atoms with Crippen molar-refractivity contribution in [1.82, 2.24) is 0 Å². The number of fused-ring (bicyclic) bond motifs is 6. The highest BCUT2D eigenvalue weighted by Crippen LogP contribution is 2.58. The third kappa shape index (κ3) is 4.78. The molecule has 2 atom stereocenters. The first-order valence-corrected chi connectivity index (χ1v) is 18.6. The summed E-state index contributed by atoms with van der Waals surface area (Å²) < 4.78 is 0. The number of allylic oxidation sites excluding steroid dienone is 3. The zero-order chi connectivity index (χ0) is 33.8. The molecule has 1 aliphatic heterocycles. The summed E-state index contributed by atoms with van der Waals surface area (Å²) in [7, 11) is 0. The minimum atomic E-state index is -0.449. The Kier molecular flexibility index (Phi) is 7.18. The lowest BCUT2D eigenvalue weighted by atomic mass is 9.67. The number of nitrogens with zero attached hydrogens (tertiary/aromatic N) is 1. The van der Waals surface area contributed by atoms with Gasteiger partial charge in [-0.2, -0.15) is 0 Å². The number of anilines is 3. The molecule has 242 valence electrons. The zero-order valence-electron chi connectivity index (χ0n) is 28.1. The molecule has 3 aliphatic rings. The van der Waals surface area contributed by atoms with Gasteiger partial charge in [0.15, 0.2) is 0 Å². The van der Waals surface area contributed by atoms with Crippen LogP contribution in [-0.4, -0.2) is 5.25 Å². The maximum Gasteiger partial charge on any atom is 0.0713 e. The van der Waals surface area contributed by atoms with Gasteiger partial charge in [0.05, 0.1) is 5.41 Å². The predicted octanol–water partition coefficient (Wildman–Crippen LogP) is 12.9. The molecule has 1 heterocycles. The summed E-state index contributed by atoms with van der Waals surface area (Å²) in [5.41, 5.74) is 14.7. The predicted molar refractivity (Wildman–Crippen MR) is 215 cm³/mol. The van der Waals surface area contributed by atoms with E-state index in [9.17, 15) is 0 Å². The summed E-state index contributed by atoms with van der Waals surface area (Å²) in [6.45, 7) is 0. The second-order valence-electron chi connectivity index (χ2n) is 13.6. The summed E-state index contributed by atoms with van der Waals surface area (Å²) in [5, 5.41) is 0.462. The van der Waals surface area contributed by atoms with Crippen molar-refractivity contribution in [3.63, 3.8) is 0 Å². The summed E-state index contributed by atoms with van der Waals surface area (Å²) >= 11 is 2.01. The van der Waals surface area contributed by atoms with Crippen molar-refractivity contribution < 1.29 is 0 Å². The Balaban J connectivity index is 1.13. The Bertz CT molecular complexity index is 2400. The first-order chi connectivity index (χ1) is 25.3. The van der Waals surface area contributed by atoms with Crippen molar-refractivity contribution in [3.8, 4) is 22.3 Å². The zero-order valence-corrected chi connectivity index (χ0v) is 28.9. The second kappa shape index (κ2) is 12.2. The van der Waals surface area contributed by atoms with Gasteiger partial charge in [-0.05, 0) is 92.5 Å². The van der Waals surface area contributed by atoms with Crippen LogP contribution in [0.3, 0.4) is 0 Å². The van der Waals surface area contributed by atoms with Gasteiger partial charge in [-0.25, -0.2) is 0 Å². The van der Waals surface area contributed by atoms with Crippen molar-refractivity contribution >= 4 is 28.8 Å². The topological polar surface area (TPSA) is 3.24 Å². The third-order valence-electron chi connectivity index (χ3n) is 10.9. The number of para-hydroxylation sites is 1. The fraction of sp³-hybridized carbons (Fsp3) is 0.0612. The van der Waals surface area contributed by atoms with Crippen molar-refractivity contribution in [3.05, 3.63) is 228 Å². The number of thioether (sulfide) groups is 1. The van der Waals surface area contributed by atoms with Gasteiger partial charge in [0, 0.05) is 33.1 Å². The molecule has 0 saturated carbocycles. The van der Waals surface area contributed by atoms with E-state index < -0.39 is 5.41 Å². The molecule has 2 aliphatic carbocycles. The van der Waals surface area contributed by atoms with E-state index in [-0.39, 0.29) is 0 Å². The molecule has 1 nitrogen and oxygen atoms in total. The van der Waals surface area contributed by atoms with E-state index in [1.807, 2.05) is 11.8 Å². The van der Waals surface area contributed by atoms with E-state index >= 15 is 0 Å². The van der Waals surface area contributed by atoms with Crippen molar-refractivity contribution in [2.24, 2.45) is 0 Å². The van der Waals surface area contributed by atoms with Crippen molar-refractivity contribution in [2.45, 2.75) is 21.5 Å². The van der Waals surface area contributed by atoms with Crippen LogP contribution in [0.1, 0.15) is 33.7 Å². The van der Waals surface area contributed by atoms with E-state index in [4.69, 9.17) is 0 Å². The molecule has 7 aromatic rings. The molecule has 0 spiro atoms. The van der Waals surface area contributed by atoms with Crippen LogP contribution in [-0.2, 0) is 5.41 Å². The van der Waals surface area contributed by atoms with Gasteiger partial charge in [0.2, 0.25) is 0 Å². The van der Waals surface area contributed by atoms with Gasteiger partial charge in [0.1, 0.15) is 0 Å². The highest BCUT2D eigenvalue weighted by atomic mass is 32.2. The first-order valence-electron chi connectivity index (χ1n) is 17.8. The molecule has 0 bridgehead atoms. The average molecular weight is 670 g/mol. The van der Waals surface area contributed by atoms with Crippen LogP contribution in [0.15, 0.2) is 205 Å². The number of benzene rings is 7. The minimum absolute atomic E-state index is 0.438. The van der Waals surface area contributed by atoms with E-state index in [2.05, 4.69) is 205 Å². The Labute approximate surface area is 304 Å². The Morgan fingerprint density at radius 1 is 0.451 bits per heavy atom. The Morgan fingerprint density at radius 3 is 1.67 bits per heavy atom. The quantitative estimate of drug-likeness (QED) is 0.173. The number of hydrogen-bond donors (Lipinski definition) is 0. The van der Waals surface area contributed by atoms with E-state index in [1.54, 1.807) is 0 Å². The average Bonchev–Trinajstić information content (AvgIpc) is 3.73. The van der Waals surface area contributed by atoms with Crippen LogP contribution < -0.4 is 4.90 Å². The second-order valence-corrected chi connectivity index (χ2v) is 14.8. The van der Waals surface area contributed by atoms with Crippen LogP contribution in [0.25, 0.3) is 22.3 Å². The monoisotopic (exact) mass is 669 g/mol. The maximum atomic E-state index is 2.50. The van der Waals surface area contributed by atoms with Crippen molar-refractivity contribution in [2.75, 3.05) is 4.90 Å². The normalized spacial score (nSPS) is 17.3. The summed E-state index contributed by atoms with van der Waals surface area (Å²) in [6, 6.07) is 64.9. The molecule has 2 heteroatoms. The molecule has 0 amide bonds. The molecule has 0 aromatic heterocycles. The van der Waals surface area contributed by atoms with Gasteiger partial charge < -0.3 is 4.90 Å². The van der Waals surface area contributed by atoms with Crippen LogP contribution in [0.2, 0.25) is 0 Å². The summed E-state index contributed by atoms with van der Waals surface area (Å²) in [6.07, 6.45) is 9.13. The molecule has 7 aromatic carbocycles. The lowest BCUT2D eigenvalue weighted by molar-refractivity contribution is 0.762. The van der Waals surface area contributed by atoms with E-state index in [0.717, 1.165) is 17.1 Å². The van der Waals surface area contributed by atoms with Gasteiger partial charge in [0.25, 0.3) is 0 Å². The molecular formula is C49H35NS. The SMILES string of the molecule is C1=CC2Sc3cc(C4(c5ccc(N(c6ccccc6)c6ccc(-c7ccccc7)cc6)cc5)c5ccccc5-c5ccccc54)ccc3C2C=C1. The van der Waals surface area contributed by atoms with Crippen LogP contribution in [0.4, 0.5) is 17.1 Å². The smallest absolute Gasteiger partial charge is 0.0713 e. The Hall–Kier alpha value is -5.83. The highest BCUT2D eigenvalue weighted by molar-refractivity contribution is 8.00. The van der Waals surface area contributed by atoms with E-state index in [1.165, 1.54) is 55.0 Å². The standard InChI is InChI=1S/C49H35NS/c1-3-13-34(14-4-1)35-23-28-39(29-24-35)50(38-15-5-2-6-16-38)40-30-25-36(26-31-40)49(45-20-10-7-17-41(45)42-18-8-11-21-46(42)49)37-27-32-44-43-19-9-12-22-47(43)51-48(44)33-37/h1-33,43,47H. The Morgan fingerprint density at radius 2 is 0.980 bits per heavy atom. The fourth-order valence-electron chi connectivity index (χ4n) is 8.61. The minimum Gasteiger partial charge on any atom is -0.311 e. The van der Waals surface area contributed by atoms with Gasteiger partial charge in [-0.3, -0.25) is 0 Å². The summed E-state index contributed by atoms with van der Waals surface area (Å²) in [4.78, 5) is 3.75. The van der Waals surface area contributed by atoms with Crippen LogP contribution >= 0.6 is 11.8 Å². The molecule has 2 unspecified atom stereocenters. The summed E-state index contributed by atoms with van der Waals surface area (Å²) in [5.74, 6) is 0.438.